The largest absolute Gasteiger partial charge is 0.342 e. The molecule has 0 aliphatic carbocycles. The first-order chi connectivity index (χ1) is 9.17. The fraction of sp³-hybridized carbons (Fsp3) is 1.00. The van der Waals surface area contributed by atoms with Crippen molar-refractivity contribution in [3.8, 4) is 0 Å². The molecule has 0 heterocycles. The van der Waals surface area contributed by atoms with Crippen molar-refractivity contribution in [3.05, 3.63) is 0 Å². The number of hydrogen-bond acceptors (Lipinski definition) is 0. The molecule has 0 aliphatic heterocycles. The molecule has 3 nitrogen and oxygen atoms in total. The Kier molecular flexibility index (Phi) is 9.99. The lowest BCUT2D eigenvalue weighted by Gasteiger charge is -2.53. The summed E-state index contributed by atoms with van der Waals surface area (Å²) in [4.78, 5) is 0. The maximum atomic E-state index is 2.43. The van der Waals surface area contributed by atoms with Crippen LogP contribution in [-0.2, 0) is 0 Å². The molecule has 0 aromatic rings. The predicted octanol–water partition coefficient (Wildman–Crippen LogP) is 3.37. The second-order valence-corrected chi connectivity index (χ2v) is 6.67. The molecule has 0 spiro atoms. The zero-order valence-electron chi connectivity index (χ0n) is 16.5. The fourth-order valence-electron chi connectivity index (χ4n) is 3.45. The highest BCUT2D eigenvalue weighted by atomic mass is 15.7. The van der Waals surface area contributed by atoms with E-state index in [1.165, 1.54) is 32.7 Å². The molecule has 124 valence electrons. The fourth-order valence-corrected chi connectivity index (χ4v) is 3.45. The lowest BCUT2D eigenvalue weighted by molar-refractivity contribution is -1.26. The highest BCUT2D eigenvalue weighted by Crippen LogP contribution is 2.27. The van der Waals surface area contributed by atoms with Crippen LogP contribution < -0.4 is 0 Å². The van der Waals surface area contributed by atoms with Gasteiger partial charge in [0.15, 0.2) is 0 Å². The average molecular weight is 291 g/mol. The molecule has 0 atom stereocenters. The van der Waals surface area contributed by atoms with Gasteiger partial charge in [0.05, 0.1) is 60.9 Å². The Bertz CT molecular complexity index is 223. The van der Waals surface area contributed by atoms with E-state index in [2.05, 4.69) is 62.8 Å². The molecule has 3 heteroatoms. The van der Waals surface area contributed by atoms with E-state index in [1.807, 2.05) is 13.8 Å². The van der Waals surface area contributed by atoms with Gasteiger partial charge in [0.1, 0.15) is 0 Å². The molecule has 0 saturated carbocycles. The van der Waals surface area contributed by atoms with Crippen LogP contribution in [-0.4, -0.2) is 80.7 Å². The second kappa shape index (κ2) is 9.01. The molecule has 0 fully saturated rings. The van der Waals surface area contributed by atoms with Gasteiger partial charge in [-0.05, 0) is 34.6 Å². The molecule has 20 heavy (non-hydrogen) atoms. The maximum absolute atomic E-state index is 2.43. The first-order valence-electron chi connectivity index (χ1n) is 8.68. The number of quaternary nitrogens is 3. The summed E-state index contributed by atoms with van der Waals surface area (Å²) in [5.74, 6) is 0. The predicted molar refractivity (Wildman–Crippen MR) is 92.3 cm³/mol. The third kappa shape index (κ3) is 4.71. The van der Waals surface area contributed by atoms with Gasteiger partial charge in [-0.1, -0.05) is 13.8 Å². The van der Waals surface area contributed by atoms with Crippen molar-refractivity contribution in [2.24, 2.45) is 0 Å². The van der Waals surface area contributed by atoms with Gasteiger partial charge in [0, 0.05) is 0 Å². The van der Waals surface area contributed by atoms with Crippen molar-refractivity contribution < 1.29 is 13.4 Å². The SMILES string of the molecule is CC.CC[N+](C)(C)C([N+](C)(CC)CC)[N+](C)(CC)CC. The highest BCUT2D eigenvalue weighted by molar-refractivity contribution is 4.40. The number of nitrogens with zero attached hydrogens (tertiary/aromatic N) is 3. The average Bonchev–Trinajstić information content (AvgIpc) is 2.48. The number of hydrogen-bond donors (Lipinski definition) is 0. The molecular weight excluding hydrogens is 246 g/mol. The van der Waals surface area contributed by atoms with Gasteiger partial charge in [-0.3, -0.25) is 0 Å². The van der Waals surface area contributed by atoms with Crippen LogP contribution in [0.15, 0.2) is 0 Å². The smallest absolute Gasteiger partial charge is 0.229 e. The van der Waals surface area contributed by atoms with Gasteiger partial charge >= 0.3 is 6.29 Å². The second-order valence-electron chi connectivity index (χ2n) is 6.67. The summed E-state index contributed by atoms with van der Waals surface area (Å²) in [6.45, 7) is 21.7. The van der Waals surface area contributed by atoms with Gasteiger partial charge in [0.2, 0.25) is 0 Å². The summed E-state index contributed by atoms with van der Waals surface area (Å²) >= 11 is 0. The minimum atomic E-state index is 0.611. The van der Waals surface area contributed by atoms with Crippen molar-refractivity contribution in [1.29, 1.82) is 0 Å². The van der Waals surface area contributed by atoms with Crippen molar-refractivity contribution in [2.45, 2.75) is 54.8 Å². The zero-order valence-corrected chi connectivity index (χ0v) is 16.5. The molecule has 0 saturated heterocycles. The molecule has 0 aromatic heterocycles. The van der Waals surface area contributed by atoms with Crippen LogP contribution in [0.3, 0.4) is 0 Å². The Morgan fingerprint density at radius 1 is 0.550 bits per heavy atom. The standard InChI is InChI=1S/C15H38N3.C2H6/c1-10-16(6,7)15(17(8,11-2)12-3)18(9,13-4)14-5;1-2/h15H,10-14H2,1-9H3;1-2H3/q+3;. The van der Waals surface area contributed by atoms with Gasteiger partial charge in [-0.15, -0.1) is 0 Å². The van der Waals surface area contributed by atoms with E-state index < -0.39 is 0 Å². The van der Waals surface area contributed by atoms with E-state index in [1.54, 1.807) is 0 Å². The summed E-state index contributed by atoms with van der Waals surface area (Å²) in [7, 11) is 9.66. The summed E-state index contributed by atoms with van der Waals surface area (Å²) in [5.41, 5.74) is 0. The summed E-state index contributed by atoms with van der Waals surface area (Å²) < 4.78 is 3.40. The molecule has 0 radical (unpaired) electrons. The first-order valence-corrected chi connectivity index (χ1v) is 8.68. The third-order valence-electron chi connectivity index (χ3n) is 5.44. The Balaban J connectivity index is 0. The Hall–Kier alpha value is -0.120. The normalized spacial score (nSPS) is 13.2. The zero-order chi connectivity index (χ0) is 16.6. The van der Waals surface area contributed by atoms with Crippen LogP contribution in [0.4, 0.5) is 0 Å². The minimum Gasteiger partial charge on any atom is -0.229 e. The molecule has 0 aromatic carbocycles. The van der Waals surface area contributed by atoms with Crippen molar-refractivity contribution in [1.82, 2.24) is 0 Å². The van der Waals surface area contributed by atoms with Crippen LogP contribution in [0.1, 0.15) is 48.5 Å². The summed E-state index contributed by atoms with van der Waals surface area (Å²) in [6, 6.07) is 0. The quantitative estimate of drug-likeness (QED) is 0.475. The Morgan fingerprint density at radius 3 is 0.950 bits per heavy atom. The van der Waals surface area contributed by atoms with Crippen molar-refractivity contribution in [2.75, 3.05) is 60.9 Å². The van der Waals surface area contributed by atoms with Crippen LogP contribution in [0.2, 0.25) is 0 Å². The van der Waals surface area contributed by atoms with Gasteiger partial charge in [0.25, 0.3) is 0 Å². The maximum Gasteiger partial charge on any atom is 0.342 e. The monoisotopic (exact) mass is 290 g/mol. The van der Waals surface area contributed by atoms with Crippen LogP contribution in [0.5, 0.6) is 0 Å². The highest BCUT2D eigenvalue weighted by Gasteiger charge is 2.53. The van der Waals surface area contributed by atoms with Gasteiger partial charge < -0.3 is 0 Å². The van der Waals surface area contributed by atoms with E-state index in [4.69, 9.17) is 0 Å². The molecule has 0 unspecified atom stereocenters. The van der Waals surface area contributed by atoms with E-state index in [-0.39, 0.29) is 0 Å². The molecule has 0 bridgehead atoms. The van der Waals surface area contributed by atoms with Crippen molar-refractivity contribution >= 4 is 0 Å². The van der Waals surface area contributed by atoms with E-state index in [0.717, 1.165) is 13.4 Å². The summed E-state index contributed by atoms with van der Waals surface area (Å²) in [5, 5.41) is 0. The van der Waals surface area contributed by atoms with Gasteiger partial charge in [-0.2, -0.15) is 0 Å². The lowest BCUT2D eigenvalue weighted by Crippen LogP contribution is -2.77. The Labute approximate surface area is 129 Å². The summed E-state index contributed by atoms with van der Waals surface area (Å²) in [6.07, 6.45) is 0.611. The molecule has 0 N–H and O–H groups in total. The van der Waals surface area contributed by atoms with Crippen LogP contribution in [0, 0.1) is 0 Å². The van der Waals surface area contributed by atoms with E-state index >= 15 is 0 Å². The van der Waals surface area contributed by atoms with Crippen molar-refractivity contribution in [3.63, 3.8) is 0 Å². The molecular formula is C17H44N3+3. The van der Waals surface area contributed by atoms with E-state index in [9.17, 15) is 0 Å². The lowest BCUT2D eigenvalue weighted by atomic mass is 10.2. The van der Waals surface area contributed by atoms with Crippen LogP contribution in [0.25, 0.3) is 0 Å². The molecule has 0 amide bonds. The number of rotatable bonds is 8. The Morgan fingerprint density at radius 2 is 0.800 bits per heavy atom. The molecule has 0 rings (SSSR count). The van der Waals surface area contributed by atoms with E-state index in [0.29, 0.717) is 6.29 Å². The van der Waals surface area contributed by atoms with Crippen LogP contribution >= 0.6 is 0 Å². The first kappa shape index (κ1) is 22.2. The minimum absolute atomic E-state index is 0.611. The third-order valence-corrected chi connectivity index (χ3v) is 5.44. The van der Waals surface area contributed by atoms with Gasteiger partial charge in [-0.25, -0.2) is 13.4 Å². The topological polar surface area (TPSA) is 0 Å². The molecule has 0 aliphatic rings.